The topological polar surface area (TPSA) is 80.3 Å². The van der Waals surface area contributed by atoms with E-state index in [4.69, 9.17) is 34.7 Å². The highest BCUT2D eigenvalue weighted by Gasteiger charge is 2.39. The zero-order chi connectivity index (χ0) is 34.3. The number of benzene rings is 5. The van der Waals surface area contributed by atoms with Crippen LogP contribution in [0.1, 0.15) is 27.8 Å². The molecule has 7 nitrogen and oxygen atoms in total. The monoisotopic (exact) mass is 750 g/mol. The molecule has 5 rings (SSSR count). The smallest absolute Gasteiger partial charge is 0.297 e. The van der Waals surface area contributed by atoms with Gasteiger partial charge in [0.05, 0.1) is 30.7 Å². The largest absolute Gasteiger partial charge is 0.497 e. The van der Waals surface area contributed by atoms with Crippen molar-refractivity contribution >= 4 is 37.6 Å². The van der Waals surface area contributed by atoms with Gasteiger partial charge in [0.25, 0.3) is 10.1 Å². The van der Waals surface area contributed by atoms with Crippen molar-refractivity contribution in [3.05, 3.63) is 153 Å². The van der Waals surface area contributed by atoms with Gasteiger partial charge in [-0.05, 0) is 84.6 Å². The molecule has 1 atom stereocenters. The lowest BCUT2D eigenvalue weighted by molar-refractivity contribution is -0.0405. The van der Waals surface area contributed by atoms with Crippen molar-refractivity contribution in [1.29, 1.82) is 0 Å². The Bertz CT molecular complexity index is 1870. The molecule has 0 radical (unpaired) electrons. The summed E-state index contributed by atoms with van der Waals surface area (Å²) >= 11 is 10.2. The average molecular weight is 752 g/mol. The Morgan fingerprint density at radius 1 is 0.708 bits per heavy atom. The number of hydrogen-bond donors (Lipinski definition) is 0. The Morgan fingerprint density at radius 2 is 1.25 bits per heavy atom. The van der Waals surface area contributed by atoms with E-state index in [-0.39, 0.29) is 18.1 Å². The summed E-state index contributed by atoms with van der Waals surface area (Å²) in [5.41, 5.74) is 2.99. The van der Waals surface area contributed by atoms with Crippen LogP contribution in [0.4, 0.5) is 0 Å². The third kappa shape index (κ3) is 7.88. The maximum absolute atomic E-state index is 13.3. The van der Waals surface area contributed by atoms with Crippen LogP contribution in [0.5, 0.6) is 17.2 Å². The highest BCUT2D eigenvalue weighted by atomic mass is 79.9. The van der Waals surface area contributed by atoms with Crippen molar-refractivity contribution in [2.24, 2.45) is 0 Å². The summed E-state index contributed by atoms with van der Waals surface area (Å²) in [6.45, 7) is 3.30. The fraction of sp³-hybridized carbons (Fsp3) is 0.211. The Kier molecular flexibility index (Phi) is 11.5. The molecule has 0 saturated heterocycles. The van der Waals surface area contributed by atoms with Gasteiger partial charge >= 0.3 is 0 Å². The zero-order valence-electron chi connectivity index (χ0n) is 27.0. The van der Waals surface area contributed by atoms with Crippen LogP contribution >= 0.6 is 27.5 Å². The molecule has 0 fully saturated rings. The van der Waals surface area contributed by atoms with Gasteiger partial charge in [0.1, 0.15) is 35.6 Å². The molecule has 0 amide bonds. The van der Waals surface area contributed by atoms with Crippen LogP contribution in [0.3, 0.4) is 0 Å². The third-order valence-electron chi connectivity index (χ3n) is 7.96. The van der Waals surface area contributed by atoms with Crippen LogP contribution in [0.15, 0.2) is 125 Å². The minimum Gasteiger partial charge on any atom is -0.497 e. The highest BCUT2D eigenvalue weighted by molar-refractivity contribution is 9.10. The van der Waals surface area contributed by atoms with Gasteiger partial charge in [-0.25, -0.2) is 0 Å². The first-order valence-electron chi connectivity index (χ1n) is 15.1. The molecule has 5 aromatic carbocycles. The second-order valence-corrected chi connectivity index (χ2v) is 13.9. The lowest BCUT2D eigenvalue weighted by atomic mass is 9.80. The lowest BCUT2D eigenvalue weighted by Gasteiger charge is -2.37. The van der Waals surface area contributed by atoms with Gasteiger partial charge in [-0.3, -0.25) is 4.18 Å². The fourth-order valence-electron chi connectivity index (χ4n) is 5.25. The number of halogens is 2. The number of aryl methyl sites for hydroxylation is 1. The van der Waals surface area contributed by atoms with E-state index in [2.05, 4.69) is 15.9 Å². The maximum Gasteiger partial charge on any atom is 0.297 e. The molecule has 0 bridgehead atoms. The lowest BCUT2D eigenvalue weighted by Crippen LogP contribution is -2.39. The van der Waals surface area contributed by atoms with E-state index in [0.29, 0.717) is 22.3 Å². The molecule has 0 aliphatic rings. The fourth-order valence-corrected chi connectivity index (χ4v) is 6.84. The standard InChI is InChI=1S/C38H36BrClO7S/c1-26-10-20-34(21-11-26)48(41,42)46-25-33(47-36-23-22-35(39)27(2)37(36)40)24-45-38(28-8-6-5-7-9-28,29-12-16-31(43-3)17-13-29)30-14-18-32(44-4)19-15-30/h5-23,33H,24-25H2,1-4H3/t33-/m0/s1. The molecule has 0 heterocycles. The number of ether oxygens (including phenoxy) is 4. The van der Waals surface area contributed by atoms with E-state index in [0.717, 1.165) is 32.3 Å². The van der Waals surface area contributed by atoms with E-state index < -0.39 is 21.8 Å². The van der Waals surface area contributed by atoms with Crippen molar-refractivity contribution in [2.45, 2.75) is 30.4 Å². The van der Waals surface area contributed by atoms with Gasteiger partial charge in [0.2, 0.25) is 0 Å². The quantitative estimate of drug-likeness (QED) is 0.0829. The van der Waals surface area contributed by atoms with E-state index in [1.54, 1.807) is 32.4 Å². The summed E-state index contributed by atoms with van der Waals surface area (Å²) < 4.78 is 57.3. The molecule has 0 saturated carbocycles. The first-order valence-corrected chi connectivity index (χ1v) is 17.7. The summed E-state index contributed by atoms with van der Waals surface area (Å²) in [5, 5.41) is 0.385. The Balaban J connectivity index is 1.58. The van der Waals surface area contributed by atoms with Crippen molar-refractivity contribution in [2.75, 3.05) is 27.4 Å². The summed E-state index contributed by atoms with van der Waals surface area (Å²) in [5.74, 6) is 1.74. The Labute approximate surface area is 295 Å². The van der Waals surface area contributed by atoms with E-state index in [1.165, 1.54) is 12.1 Å². The van der Waals surface area contributed by atoms with E-state index >= 15 is 0 Å². The third-order valence-corrected chi connectivity index (χ3v) is 10.6. The summed E-state index contributed by atoms with van der Waals surface area (Å²) in [6.07, 6.45) is -0.914. The Morgan fingerprint density at radius 3 is 1.79 bits per heavy atom. The van der Waals surface area contributed by atoms with Gasteiger partial charge < -0.3 is 18.9 Å². The minimum absolute atomic E-state index is 0.0420. The summed E-state index contributed by atoms with van der Waals surface area (Å²) in [7, 11) is -0.895. The highest BCUT2D eigenvalue weighted by Crippen LogP contribution is 2.42. The van der Waals surface area contributed by atoms with Gasteiger partial charge in [0, 0.05) is 4.47 Å². The normalized spacial score (nSPS) is 12.4. The van der Waals surface area contributed by atoms with Gasteiger partial charge in [-0.15, -0.1) is 0 Å². The van der Waals surface area contributed by atoms with Crippen molar-refractivity contribution in [3.8, 4) is 17.2 Å². The SMILES string of the molecule is COc1ccc(C(OC[C@@H](COS(=O)(=O)c2ccc(C)cc2)Oc2ccc(Br)c(C)c2Cl)(c2ccccc2)c2ccc(OC)cc2)cc1. The molecule has 0 aromatic heterocycles. The van der Waals surface area contributed by atoms with Crippen LogP contribution in [0, 0.1) is 13.8 Å². The van der Waals surface area contributed by atoms with Crippen molar-refractivity contribution < 1.29 is 31.5 Å². The van der Waals surface area contributed by atoms with Crippen molar-refractivity contribution in [3.63, 3.8) is 0 Å². The van der Waals surface area contributed by atoms with Gasteiger partial charge in [0.15, 0.2) is 0 Å². The predicted octanol–water partition coefficient (Wildman–Crippen LogP) is 8.90. The number of rotatable bonds is 14. The maximum atomic E-state index is 13.3. The van der Waals surface area contributed by atoms with Crippen LogP contribution in [-0.2, 0) is 24.6 Å². The molecule has 0 aliphatic heterocycles. The number of hydrogen-bond acceptors (Lipinski definition) is 7. The molecule has 250 valence electrons. The van der Waals surface area contributed by atoms with Crippen LogP contribution in [0.25, 0.3) is 0 Å². The molecule has 5 aromatic rings. The number of methoxy groups -OCH3 is 2. The summed E-state index contributed by atoms with van der Waals surface area (Å²) in [6, 6.07) is 35.0. The molecule has 0 N–H and O–H groups in total. The van der Waals surface area contributed by atoms with Crippen LogP contribution < -0.4 is 14.2 Å². The molecule has 0 spiro atoms. The van der Waals surface area contributed by atoms with Gasteiger partial charge in [-0.2, -0.15) is 8.42 Å². The molecular weight excluding hydrogens is 716 g/mol. The van der Waals surface area contributed by atoms with E-state index in [9.17, 15) is 8.42 Å². The average Bonchev–Trinajstić information content (AvgIpc) is 3.12. The predicted molar refractivity (Wildman–Crippen MR) is 191 cm³/mol. The zero-order valence-corrected chi connectivity index (χ0v) is 30.1. The summed E-state index contributed by atoms with van der Waals surface area (Å²) in [4.78, 5) is 0.0420. The minimum atomic E-state index is -4.12. The van der Waals surface area contributed by atoms with Gasteiger partial charge in [-0.1, -0.05) is 99.8 Å². The first kappa shape index (κ1) is 35.4. The van der Waals surface area contributed by atoms with Crippen LogP contribution in [-0.4, -0.2) is 42.0 Å². The first-order chi connectivity index (χ1) is 23.1. The second kappa shape index (κ2) is 15.6. The van der Waals surface area contributed by atoms with Crippen LogP contribution in [0.2, 0.25) is 5.02 Å². The molecular formula is C38H36BrClO7S. The molecule has 0 unspecified atom stereocenters. The second-order valence-electron chi connectivity index (χ2n) is 11.1. The van der Waals surface area contributed by atoms with E-state index in [1.807, 2.05) is 98.8 Å². The van der Waals surface area contributed by atoms with Crippen molar-refractivity contribution in [1.82, 2.24) is 0 Å². The Hall–Kier alpha value is -3.86. The molecule has 48 heavy (non-hydrogen) atoms. The molecule has 10 heteroatoms. The molecule has 0 aliphatic carbocycles.